The van der Waals surface area contributed by atoms with Gasteiger partial charge in [0.2, 0.25) is 5.91 Å². The predicted octanol–water partition coefficient (Wildman–Crippen LogP) is 2.04. The van der Waals surface area contributed by atoms with Crippen LogP contribution in [-0.2, 0) is 14.3 Å². The topological polar surface area (TPSA) is 53.1 Å². The molecule has 3 heterocycles. The van der Waals surface area contributed by atoms with Crippen LogP contribution in [0, 0.1) is 5.82 Å². The molecule has 0 unspecified atom stereocenters. The van der Waals surface area contributed by atoms with Crippen molar-refractivity contribution in [3.8, 4) is 0 Å². The van der Waals surface area contributed by atoms with Crippen molar-refractivity contribution in [2.75, 3.05) is 50.8 Å². The maximum Gasteiger partial charge on any atom is 0.253 e. The van der Waals surface area contributed by atoms with Crippen LogP contribution < -0.4 is 4.90 Å². The summed E-state index contributed by atoms with van der Waals surface area (Å²) < 4.78 is 19.2. The Kier molecular flexibility index (Phi) is 5.64. The molecule has 1 aromatic carbocycles. The molecule has 28 heavy (non-hydrogen) atoms. The van der Waals surface area contributed by atoms with Crippen LogP contribution in [0.25, 0.3) is 0 Å². The lowest BCUT2D eigenvalue weighted by Gasteiger charge is -2.47. The molecule has 4 rings (SSSR count). The maximum absolute atomic E-state index is 13.2. The molecule has 3 fully saturated rings. The van der Waals surface area contributed by atoms with Gasteiger partial charge in [0, 0.05) is 31.7 Å². The minimum atomic E-state index is -0.423. The zero-order valence-corrected chi connectivity index (χ0v) is 16.2. The number of carbonyl (C=O) groups is 2. The summed E-state index contributed by atoms with van der Waals surface area (Å²) in [6, 6.07) is 5.99. The molecule has 152 valence electrons. The van der Waals surface area contributed by atoms with E-state index in [4.69, 9.17) is 4.74 Å². The highest BCUT2D eigenvalue weighted by Gasteiger charge is 2.43. The van der Waals surface area contributed by atoms with E-state index >= 15 is 0 Å². The zero-order chi connectivity index (χ0) is 19.6. The molecule has 1 aromatic rings. The Hall–Kier alpha value is -1.99. The van der Waals surface area contributed by atoms with Crippen molar-refractivity contribution in [3.63, 3.8) is 0 Å². The Morgan fingerprint density at radius 3 is 2.43 bits per heavy atom. The first-order valence-corrected chi connectivity index (χ1v) is 10.2. The molecule has 7 heteroatoms. The molecule has 0 aliphatic carbocycles. The fourth-order valence-electron chi connectivity index (χ4n) is 4.46. The van der Waals surface area contributed by atoms with E-state index in [9.17, 15) is 14.0 Å². The first kappa shape index (κ1) is 19.3. The second-order valence-corrected chi connectivity index (χ2v) is 8.11. The number of hydrogen-bond acceptors (Lipinski definition) is 4. The smallest absolute Gasteiger partial charge is 0.253 e. The average Bonchev–Trinajstić information content (AvgIpc) is 3.23. The number of nitrogens with zero attached hydrogens (tertiary/aromatic N) is 3. The molecule has 6 nitrogen and oxygen atoms in total. The number of ether oxygens (including phenoxy) is 1. The quantitative estimate of drug-likeness (QED) is 0.791. The van der Waals surface area contributed by atoms with Gasteiger partial charge in [-0.05, 0) is 63.0 Å². The van der Waals surface area contributed by atoms with Gasteiger partial charge in [0.25, 0.3) is 5.91 Å². The lowest BCUT2D eigenvalue weighted by atomic mass is 9.89. The summed E-state index contributed by atoms with van der Waals surface area (Å²) in [6.07, 6.45) is 4.48. The fraction of sp³-hybridized carbons (Fsp3) is 0.619. The summed E-state index contributed by atoms with van der Waals surface area (Å²) in [6.45, 7) is 4.86. The highest BCUT2D eigenvalue weighted by molar-refractivity contribution is 5.95. The van der Waals surface area contributed by atoms with Crippen LogP contribution in [0.1, 0.15) is 32.1 Å². The summed E-state index contributed by atoms with van der Waals surface area (Å²) >= 11 is 0. The largest absolute Gasteiger partial charge is 0.363 e. The van der Waals surface area contributed by atoms with Crippen molar-refractivity contribution in [1.82, 2.24) is 9.80 Å². The Morgan fingerprint density at radius 2 is 1.75 bits per heavy atom. The van der Waals surface area contributed by atoms with Crippen molar-refractivity contribution in [1.29, 1.82) is 0 Å². The number of piperidine rings is 1. The number of amides is 2. The summed E-state index contributed by atoms with van der Waals surface area (Å²) in [5.74, 6) is -0.217. The van der Waals surface area contributed by atoms with Gasteiger partial charge in [-0.3, -0.25) is 9.59 Å². The van der Waals surface area contributed by atoms with E-state index in [0.717, 1.165) is 19.6 Å². The Bertz CT molecular complexity index is 710. The van der Waals surface area contributed by atoms with Gasteiger partial charge in [-0.15, -0.1) is 0 Å². The second-order valence-electron chi connectivity index (χ2n) is 8.11. The first-order chi connectivity index (χ1) is 13.5. The minimum Gasteiger partial charge on any atom is -0.363 e. The number of carbonyl (C=O) groups excluding carboxylic acids is 2. The van der Waals surface area contributed by atoms with Crippen LogP contribution in [0.4, 0.5) is 10.1 Å². The summed E-state index contributed by atoms with van der Waals surface area (Å²) in [5, 5.41) is 0. The third-order valence-corrected chi connectivity index (χ3v) is 6.26. The van der Waals surface area contributed by atoms with Crippen LogP contribution in [0.3, 0.4) is 0 Å². The SMILES string of the molecule is O=C(CCN1CCCC1)N1CCC2(CC1)CN(c1ccc(F)cc1)C(=O)CO2. The van der Waals surface area contributed by atoms with Crippen molar-refractivity contribution in [2.24, 2.45) is 0 Å². The third kappa shape index (κ3) is 4.20. The molecule has 0 radical (unpaired) electrons. The lowest BCUT2D eigenvalue weighted by Crippen LogP contribution is -2.59. The van der Waals surface area contributed by atoms with E-state index in [0.29, 0.717) is 44.6 Å². The van der Waals surface area contributed by atoms with Crippen LogP contribution in [0.15, 0.2) is 24.3 Å². The fourth-order valence-corrected chi connectivity index (χ4v) is 4.46. The number of hydrogen-bond donors (Lipinski definition) is 0. The molecule has 0 saturated carbocycles. The summed E-state index contributed by atoms with van der Waals surface area (Å²) in [4.78, 5) is 30.9. The maximum atomic E-state index is 13.2. The monoisotopic (exact) mass is 389 g/mol. The molecule has 0 atom stereocenters. The molecular weight excluding hydrogens is 361 g/mol. The third-order valence-electron chi connectivity index (χ3n) is 6.26. The summed E-state index contributed by atoms with van der Waals surface area (Å²) in [7, 11) is 0. The molecule has 0 bridgehead atoms. The Balaban J connectivity index is 1.33. The molecular formula is C21H28FN3O3. The zero-order valence-electron chi connectivity index (χ0n) is 16.2. The summed E-state index contributed by atoms with van der Waals surface area (Å²) in [5.41, 5.74) is 0.270. The van der Waals surface area contributed by atoms with Gasteiger partial charge in [0.05, 0.1) is 12.1 Å². The number of rotatable bonds is 4. The molecule has 3 aliphatic rings. The van der Waals surface area contributed by atoms with Gasteiger partial charge < -0.3 is 19.4 Å². The van der Waals surface area contributed by atoms with Crippen LogP contribution in [-0.4, -0.2) is 73.1 Å². The van der Waals surface area contributed by atoms with Gasteiger partial charge in [0.1, 0.15) is 12.4 Å². The average molecular weight is 389 g/mol. The Labute approximate surface area is 165 Å². The highest BCUT2D eigenvalue weighted by Crippen LogP contribution is 2.33. The number of anilines is 1. The van der Waals surface area contributed by atoms with Gasteiger partial charge in [0.15, 0.2) is 0 Å². The van der Waals surface area contributed by atoms with Gasteiger partial charge in [-0.2, -0.15) is 0 Å². The predicted molar refractivity (Wildman–Crippen MR) is 104 cm³/mol. The number of morpholine rings is 1. The number of halogens is 1. The van der Waals surface area contributed by atoms with Crippen LogP contribution >= 0.6 is 0 Å². The molecule has 2 amide bonds. The molecule has 0 aromatic heterocycles. The van der Waals surface area contributed by atoms with Crippen LogP contribution in [0.2, 0.25) is 0 Å². The van der Waals surface area contributed by atoms with E-state index in [1.807, 2.05) is 4.90 Å². The molecule has 0 N–H and O–H groups in total. The molecule has 3 aliphatic heterocycles. The highest BCUT2D eigenvalue weighted by atomic mass is 19.1. The first-order valence-electron chi connectivity index (χ1n) is 10.2. The van der Waals surface area contributed by atoms with E-state index < -0.39 is 5.60 Å². The van der Waals surface area contributed by atoms with Crippen molar-refractivity contribution >= 4 is 17.5 Å². The van der Waals surface area contributed by atoms with E-state index in [1.54, 1.807) is 17.0 Å². The standard InChI is InChI=1S/C21H28FN3O3/c22-17-3-5-18(6-4-17)25-16-21(28-15-20(25)27)8-13-24(14-9-21)19(26)7-12-23-10-1-2-11-23/h3-6H,1-2,7-16H2. The van der Waals surface area contributed by atoms with Gasteiger partial charge >= 0.3 is 0 Å². The van der Waals surface area contributed by atoms with Crippen molar-refractivity contribution < 1.29 is 18.7 Å². The number of benzene rings is 1. The van der Waals surface area contributed by atoms with Crippen LogP contribution in [0.5, 0.6) is 0 Å². The minimum absolute atomic E-state index is 0.0281. The second kappa shape index (κ2) is 8.17. The van der Waals surface area contributed by atoms with E-state index in [1.165, 1.54) is 25.0 Å². The van der Waals surface area contributed by atoms with Gasteiger partial charge in [-0.25, -0.2) is 4.39 Å². The number of likely N-dealkylation sites (tertiary alicyclic amines) is 2. The van der Waals surface area contributed by atoms with Crippen molar-refractivity contribution in [3.05, 3.63) is 30.1 Å². The lowest BCUT2D eigenvalue weighted by molar-refractivity contribution is -0.150. The molecule has 1 spiro atoms. The van der Waals surface area contributed by atoms with Gasteiger partial charge in [-0.1, -0.05) is 0 Å². The van der Waals surface area contributed by atoms with Crippen molar-refractivity contribution in [2.45, 2.75) is 37.7 Å². The Morgan fingerprint density at radius 1 is 1.07 bits per heavy atom. The van der Waals surface area contributed by atoms with E-state index in [2.05, 4.69) is 4.90 Å². The normalized spacial score (nSPS) is 22.8. The molecule has 3 saturated heterocycles. The van der Waals surface area contributed by atoms with E-state index in [-0.39, 0.29) is 24.2 Å².